The van der Waals surface area contributed by atoms with E-state index < -0.39 is 0 Å². The van der Waals surface area contributed by atoms with E-state index in [1.165, 1.54) is 5.56 Å². The van der Waals surface area contributed by atoms with Gasteiger partial charge in [0.2, 0.25) is 0 Å². The molecule has 1 heterocycles. The Morgan fingerprint density at radius 2 is 1.94 bits per heavy atom. The Balaban J connectivity index is 2.20. The van der Waals surface area contributed by atoms with Crippen molar-refractivity contribution in [2.24, 2.45) is 0 Å². The van der Waals surface area contributed by atoms with E-state index in [0.29, 0.717) is 0 Å². The molecule has 3 rings (SSSR count). The molecule has 2 aromatic carbocycles. The van der Waals surface area contributed by atoms with Crippen molar-refractivity contribution >= 4 is 27.0 Å². The van der Waals surface area contributed by atoms with E-state index in [-0.39, 0.29) is 0 Å². The third kappa shape index (κ3) is 1.87. The molecule has 0 unspecified atom stereocenters. The zero-order chi connectivity index (χ0) is 11.8. The lowest BCUT2D eigenvalue weighted by molar-refractivity contribution is 1.32. The van der Waals surface area contributed by atoms with Crippen LogP contribution in [0.2, 0.25) is 0 Å². The second-order valence-electron chi connectivity index (χ2n) is 4.09. The number of nitrogens with zero attached hydrogens (tertiary/aromatic N) is 1. The van der Waals surface area contributed by atoms with E-state index >= 15 is 0 Å². The van der Waals surface area contributed by atoms with Gasteiger partial charge in [-0.25, -0.2) is 4.98 Å². The number of hydrogen-bond donors (Lipinski definition) is 1. The Bertz CT molecular complexity index is 653. The van der Waals surface area contributed by atoms with Crippen molar-refractivity contribution in [2.75, 3.05) is 0 Å². The van der Waals surface area contributed by atoms with E-state index in [2.05, 4.69) is 51.0 Å². The lowest BCUT2D eigenvalue weighted by Gasteiger charge is -2.01. The summed E-state index contributed by atoms with van der Waals surface area (Å²) in [5, 5.41) is 0. The highest BCUT2D eigenvalue weighted by atomic mass is 79.9. The van der Waals surface area contributed by atoms with Crippen molar-refractivity contribution in [1.29, 1.82) is 0 Å². The first-order valence-corrected chi connectivity index (χ1v) is 6.24. The lowest BCUT2D eigenvalue weighted by Crippen LogP contribution is -1.83. The highest BCUT2D eigenvalue weighted by Gasteiger charge is 2.07. The third-order valence-corrected chi connectivity index (χ3v) is 3.43. The normalized spacial score (nSPS) is 10.9. The second kappa shape index (κ2) is 4.00. The molecule has 0 radical (unpaired) electrons. The monoisotopic (exact) mass is 286 g/mol. The van der Waals surface area contributed by atoms with Gasteiger partial charge in [-0.15, -0.1) is 0 Å². The van der Waals surface area contributed by atoms with Gasteiger partial charge in [0, 0.05) is 10.0 Å². The fraction of sp³-hybridized carbons (Fsp3) is 0.0714. The molecule has 3 aromatic rings. The van der Waals surface area contributed by atoms with Crippen LogP contribution in [0.3, 0.4) is 0 Å². The number of aromatic amines is 1. The van der Waals surface area contributed by atoms with Crippen LogP contribution in [0, 0.1) is 6.92 Å². The summed E-state index contributed by atoms with van der Waals surface area (Å²) in [5.74, 6) is 0.901. The molecule has 0 amide bonds. The van der Waals surface area contributed by atoms with Gasteiger partial charge in [0.1, 0.15) is 5.82 Å². The number of H-pyrrole nitrogens is 1. The summed E-state index contributed by atoms with van der Waals surface area (Å²) in [6.45, 7) is 2.08. The van der Waals surface area contributed by atoms with Crippen LogP contribution >= 0.6 is 15.9 Å². The number of fused-ring (bicyclic) bond motifs is 1. The van der Waals surface area contributed by atoms with E-state index in [0.717, 1.165) is 26.9 Å². The highest BCUT2D eigenvalue weighted by Crippen LogP contribution is 2.28. The van der Waals surface area contributed by atoms with Crippen LogP contribution in [-0.2, 0) is 0 Å². The molecule has 2 nitrogen and oxygen atoms in total. The average molecular weight is 287 g/mol. The number of aromatic nitrogens is 2. The molecule has 0 saturated heterocycles. The summed E-state index contributed by atoms with van der Waals surface area (Å²) >= 11 is 3.58. The molecule has 3 heteroatoms. The molecule has 1 aromatic heterocycles. The molecule has 0 saturated carbocycles. The summed E-state index contributed by atoms with van der Waals surface area (Å²) < 4.78 is 1.07. The van der Waals surface area contributed by atoms with Crippen molar-refractivity contribution in [3.63, 3.8) is 0 Å². The summed E-state index contributed by atoms with van der Waals surface area (Å²) in [7, 11) is 0. The zero-order valence-electron chi connectivity index (χ0n) is 9.37. The van der Waals surface area contributed by atoms with Gasteiger partial charge in [-0.05, 0) is 36.8 Å². The van der Waals surface area contributed by atoms with Crippen molar-refractivity contribution in [3.05, 3.63) is 52.5 Å². The van der Waals surface area contributed by atoms with Crippen molar-refractivity contribution in [1.82, 2.24) is 9.97 Å². The van der Waals surface area contributed by atoms with Crippen LogP contribution in [0.1, 0.15) is 5.56 Å². The number of aryl methyl sites for hydroxylation is 1. The number of imidazole rings is 1. The standard InChI is InChI=1S/C14H11BrN2/c1-9-6-7-10(11(15)8-9)14-16-12-4-2-3-5-13(12)17-14/h2-8H,1H3,(H,16,17). The molecule has 0 aliphatic carbocycles. The second-order valence-corrected chi connectivity index (χ2v) is 4.94. The first-order chi connectivity index (χ1) is 8.24. The number of benzene rings is 2. The van der Waals surface area contributed by atoms with Crippen molar-refractivity contribution in [2.45, 2.75) is 6.92 Å². The van der Waals surface area contributed by atoms with Crippen LogP contribution in [0.15, 0.2) is 46.9 Å². The maximum absolute atomic E-state index is 4.59. The number of hydrogen-bond acceptors (Lipinski definition) is 1. The molecule has 0 atom stereocenters. The van der Waals surface area contributed by atoms with Gasteiger partial charge in [0.15, 0.2) is 0 Å². The van der Waals surface area contributed by atoms with Crippen LogP contribution in [0.25, 0.3) is 22.4 Å². The first kappa shape index (κ1) is 10.5. The van der Waals surface area contributed by atoms with Crippen LogP contribution < -0.4 is 0 Å². The van der Waals surface area contributed by atoms with Gasteiger partial charge in [-0.1, -0.05) is 34.1 Å². The largest absolute Gasteiger partial charge is 0.338 e. The number of nitrogens with one attached hydrogen (secondary N) is 1. The van der Waals surface area contributed by atoms with Gasteiger partial charge >= 0.3 is 0 Å². The van der Waals surface area contributed by atoms with Gasteiger partial charge < -0.3 is 4.98 Å². The SMILES string of the molecule is Cc1ccc(-c2nc3ccccc3[nH]2)c(Br)c1. The molecule has 0 bridgehead atoms. The molecule has 84 valence electrons. The summed E-state index contributed by atoms with van der Waals surface area (Å²) in [5.41, 5.74) is 4.38. The predicted octanol–water partition coefficient (Wildman–Crippen LogP) is 4.30. The molecule has 0 fully saturated rings. The van der Waals surface area contributed by atoms with E-state index in [1.54, 1.807) is 0 Å². The Morgan fingerprint density at radius 3 is 2.71 bits per heavy atom. The average Bonchev–Trinajstić information content (AvgIpc) is 2.72. The summed E-state index contributed by atoms with van der Waals surface area (Å²) in [6.07, 6.45) is 0. The molecular weight excluding hydrogens is 276 g/mol. The molecule has 0 aliphatic heterocycles. The number of halogens is 1. The van der Waals surface area contributed by atoms with Crippen LogP contribution in [0.5, 0.6) is 0 Å². The molecule has 0 aliphatic rings. The Kier molecular flexibility index (Phi) is 2.48. The fourth-order valence-electron chi connectivity index (χ4n) is 1.89. The minimum absolute atomic E-state index is 0.901. The van der Waals surface area contributed by atoms with Gasteiger partial charge in [-0.3, -0.25) is 0 Å². The quantitative estimate of drug-likeness (QED) is 0.710. The number of rotatable bonds is 1. The lowest BCUT2D eigenvalue weighted by atomic mass is 10.1. The summed E-state index contributed by atoms with van der Waals surface area (Å²) in [4.78, 5) is 7.92. The fourth-order valence-corrected chi connectivity index (χ4v) is 2.57. The Labute approximate surface area is 108 Å². The van der Waals surface area contributed by atoms with E-state index in [4.69, 9.17) is 0 Å². The maximum atomic E-state index is 4.59. The van der Waals surface area contributed by atoms with Crippen LogP contribution in [0.4, 0.5) is 0 Å². The summed E-state index contributed by atoms with van der Waals surface area (Å²) in [6, 6.07) is 14.3. The molecule has 17 heavy (non-hydrogen) atoms. The molecule has 0 spiro atoms. The van der Waals surface area contributed by atoms with Gasteiger partial charge in [-0.2, -0.15) is 0 Å². The van der Waals surface area contributed by atoms with Gasteiger partial charge in [0.05, 0.1) is 11.0 Å². The van der Waals surface area contributed by atoms with E-state index in [1.807, 2.05) is 24.3 Å². The van der Waals surface area contributed by atoms with Crippen LogP contribution in [-0.4, -0.2) is 9.97 Å². The number of para-hydroxylation sites is 2. The molecular formula is C14H11BrN2. The molecule has 1 N–H and O–H groups in total. The van der Waals surface area contributed by atoms with E-state index in [9.17, 15) is 0 Å². The minimum atomic E-state index is 0.901. The Morgan fingerprint density at radius 1 is 1.12 bits per heavy atom. The Hall–Kier alpha value is -1.61. The van der Waals surface area contributed by atoms with Crippen molar-refractivity contribution in [3.8, 4) is 11.4 Å². The van der Waals surface area contributed by atoms with Crippen molar-refractivity contribution < 1.29 is 0 Å². The maximum Gasteiger partial charge on any atom is 0.139 e. The predicted molar refractivity (Wildman–Crippen MR) is 74.0 cm³/mol. The smallest absolute Gasteiger partial charge is 0.139 e. The minimum Gasteiger partial charge on any atom is -0.338 e. The highest BCUT2D eigenvalue weighted by molar-refractivity contribution is 9.10. The zero-order valence-corrected chi connectivity index (χ0v) is 11.0. The van der Waals surface area contributed by atoms with Gasteiger partial charge in [0.25, 0.3) is 0 Å². The third-order valence-electron chi connectivity index (χ3n) is 2.77. The first-order valence-electron chi connectivity index (χ1n) is 5.45. The topological polar surface area (TPSA) is 28.7 Å².